The summed E-state index contributed by atoms with van der Waals surface area (Å²) in [7, 11) is 3.52. The zero-order valence-electron chi connectivity index (χ0n) is 22.6. The van der Waals surface area contributed by atoms with Crippen molar-refractivity contribution >= 4 is 28.2 Å². The molecule has 1 saturated heterocycles. The maximum Gasteiger partial charge on any atom is 0.261 e. The average Bonchev–Trinajstić information content (AvgIpc) is 3.07. The number of amides is 1. The summed E-state index contributed by atoms with van der Waals surface area (Å²) in [4.78, 5) is 34.9. The molecule has 2 aliphatic heterocycles. The summed E-state index contributed by atoms with van der Waals surface area (Å²) in [5, 5.41) is 0.616. The summed E-state index contributed by atoms with van der Waals surface area (Å²) in [6, 6.07) is 12.1. The van der Waals surface area contributed by atoms with Gasteiger partial charge < -0.3 is 19.3 Å². The van der Waals surface area contributed by atoms with Crippen LogP contribution in [0.4, 0.5) is 11.4 Å². The van der Waals surface area contributed by atoms with Gasteiger partial charge in [-0.1, -0.05) is 12.1 Å². The number of carbonyl (C=O) groups excluding carboxylic acids is 1. The molecule has 3 heterocycles. The Labute approximate surface area is 217 Å². The molecule has 2 aromatic carbocycles. The van der Waals surface area contributed by atoms with Crippen molar-refractivity contribution in [3.05, 3.63) is 63.7 Å². The van der Waals surface area contributed by atoms with E-state index in [1.165, 1.54) is 0 Å². The summed E-state index contributed by atoms with van der Waals surface area (Å²) in [6.45, 7) is 10.5. The van der Waals surface area contributed by atoms with Crippen molar-refractivity contribution in [1.29, 1.82) is 0 Å². The third-order valence-corrected chi connectivity index (χ3v) is 8.04. The van der Waals surface area contributed by atoms with E-state index in [1.807, 2.05) is 59.0 Å². The summed E-state index contributed by atoms with van der Waals surface area (Å²) in [5.74, 6) is 0.794. The molecule has 2 atom stereocenters. The van der Waals surface area contributed by atoms with E-state index in [4.69, 9.17) is 14.5 Å². The number of anilines is 2. The van der Waals surface area contributed by atoms with Crippen LogP contribution in [0.25, 0.3) is 10.9 Å². The number of morpholine rings is 1. The van der Waals surface area contributed by atoms with Gasteiger partial charge in [-0.15, -0.1) is 0 Å². The van der Waals surface area contributed by atoms with Crippen molar-refractivity contribution in [3.63, 3.8) is 0 Å². The predicted octanol–water partition coefficient (Wildman–Crippen LogP) is 3.44. The molecule has 1 aromatic heterocycles. The third kappa shape index (κ3) is 4.42. The highest BCUT2D eigenvalue weighted by Gasteiger charge is 2.42. The Morgan fingerprint density at radius 2 is 1.97 bits per heavy atom. The molecular formula is C29H36N4O4. The van der Waals surface area contributed by atoms with E-state index in [0.29, 0.717) is 36.3 Å². The number of hydrogen-bond acceptors (Lipinski definition) is 6. The Bertz CT molecular complexity index is 1410. The lowest BCUT2D eigenvalue weighted by molar-refractivity contribution is -0.121. The molecule has 37 heavy (non-hydrogen) atoms. The molecular weight excluding hydrogens is 468 g/mol. The van der Waals surface area contributed by atoms with E-state index in [0.717, 1.165) is 35.6 Å². The minimum Gasteiger partial charge on any atom is -0.379 e. The van der Waals surface area contributed by atoms with Gasteiger partial charge in [0.25, 0.3) is 5.56 Å². The lowest BCUT2D eigenvalue weighted by Gasteiger charge is -2.36. The van der Waals surface area contributed by atoms with Crippen molar-refractivity contribution in [3.8, 4) is 0 Å². The Balaban J connectivity index is 1.37. The van der Waals surface area contributed by atoms with Gasteiger partial charge in [-0.3, -0.25) is 14.2 Å². The smallest absolute Gasteiger partial charge is 0.261 e. The maximum absolute atomic E-state index is 13.4. The van der Waals surface area contributed by atoms with E-state index in [1.54, 1.807) is 16.6 Å². The molecule has 196 valence electrons. The largest absolute Gasteiger partial charge is 0.379 e. The van der Waals surface area contributed by atoms with Gasteiger partial charge in [0, 0.05) is 45.2 Å². The number of rotatable bonds is 6. The normalized spacial score (nSPS) is 19.9. The molecule has 8 nitrogen and oxygen atoms in total. The van der Waals surface area contributed by atoms with Crippen LogP contribution < -0.4 is 15.4 Å². The first kappa shape index (κ1) is 25.4. The van der Waals surface area contributed by atoms with E-state index in [-0.39, 0.29) is 23.7 Å². The molecule has 0 N–H and O–H groups in total. The van der Waals surface area contributed by atoms with Crippen LogP contribution in [0.5, 0.6) is 0 Å². The van der Waals surface area contributed by atoms with Crippen molar-refractivity contribution in [2.24, 2.45) is 0 Å². The standard InChI is InChI=1S/C29H36N4O4/c1-18(36-6)26-17-32(13-14-37-26)21-8-9-22-24(16-21)30-19(2)33(27(22)34)12-11-20-7-10-23-25(15-20)31(5)28(35)29(23,3)4/h7-10,15-16,18,26H,11-14,17H2,1-6H3/t18-,26-/m1/s1. The van der Waals surface area contributed by atoms with Crippen LogP contribution in [0.3, 0.4) is 0 Å². The Morgan fingerprint density at radius 1 is 1.19 bits per heavy atom. The predicted molar refractivity (Wildman–Crippen MR) is 146 cm³/mol. The molecule has 0 saturated carbocycles. The molecule has 0 spiro atoms. The van der Waals surface area contributed by atoms with Crippen molar-refractivity contribution in [2.45, 2.75) is 58.3 Å². The van der Waals surface area contributed by atoms with Crippen molar-refractivity contribution in [1.82, 2.24) is 9.55 Å². The number of ether oxygens (including phenoxy) is 2. The monoisotopic (exact) mass is 504 g/mol. The summed E-state index contributed by atoms with van der Waals surface area (Å²) in [6.07, 6.45) is 0.684. The molecule has 0 aliphatic carbocycles. The van der Waals surface area contributed by atoms with Gasteiger partial charge in [-0.05, 0) is 69.5 Å². The molecule has 5 rings (SSSR count). The first-order valence-corrected chi connectivity index (χ1v) is 12.9. The second-order valence-electron chi connectivity index (χ2n) is 10.7. The molecule has 8 heteroatoms. The fraction of sp³-hybridized carbons (Fsp3) is 0.483. The number of hydrogen-bond donors (Lipinski definition) is 0. The number of likely N-dealkylation sites (N-methyl/N-ethyl adjacent to an activating group) is 1. The number of fused-ring (bicyclic) bond motifs is 2. The van der Waals surface area contributed by atoms with Crippen LogP contribution in [0, 0.1) is 6.92 Å². The lowest BCUT2D eigenvalue weighted by atomic mass is 9.86. The van der Waals surface area contributed by atoms with Crippen molar-refractivity contribution in [2.75, 3.05) is 43.7 Å². The highest BCUT2D eigenvalue weighted by molar-refractivity contribution is 6.07. The van der Waals surface area contributed by atoms with Gasteiger partial charge in [-0.25, -0.2) is 4.98 Å². The van der Waals surface area contributed by atoms with Gasteiger partial charge in [0.1, 0.15) is 11.9 Å². The Hall–Kier alpha value is -3.23. The van der Waals surface area contributed by atoms with Gasteiger partial charge in [0.15, 0.2) is 0 Å². The molecule has 2 aliphatic rings. The number of nitrogens with zero attached hydrogens (tertiary/aromatic N) is 4. The Morgan fingerprint density at radius 3 is 2.73 bits per heavy atom. The van der Waals surface area contributed by atoms with Crippen LogP contribution in [-0.2, 0) is 32.6 Å². The first-order chi connectivity index (χ1) is 17.6. The van der Waals surface area contributed by atoms with E-state index in [2.05, 4.69) is 17.0 Å². The fourth-order valence-corrected chi connectivity index (χ4v) is 5.55. The topological polar surface area (TPSA) is 76.9 Å². The summed E-state index contributed by atoms with van der Waals surface area (Å²) in [5.41, 5.74) is 4.28. The SMILES string of the molecule is CO[C@H](C)[C@H]1CN(c2ccc3c(=O)n(CCc4ccc5c(c4)N(C)C(=O)C5(C)C)c(C)nc3c2)CCO1. The average molecular weight is 505 g/mol. The molecule has 3 aromatic rings. The number of aryl methyl sites for hydroxylation is 2. The lowest BCUT2D eigenvalue weighted by Crippen LogP contribution is -2.47. The number of aromatic nitrogens is 2. The zero-order chi connectivity index (χ0) is 26.5. The van der Waals surface area contributed by atoms with Crippen LogP contribution in [0.1, 0.15) is 37.7 Å². The zero-order valence-corrected chi connectivity index (χ0v) is 22.6. The minimum atomic E-state index is -0.512. The number of benzene rings is 2. The van der Waals surface area contributed by atoms with Gasteiger partial charge in [0.05, 0.1) is 29.0 Å². The summed E-state index contributed by atoms with van der Waals surface area (Å²) >= 11 is 0. The van der Waals surface area contributed by atoms with E-state index >= 15 is 0 Å². The molecule has 0 bridgehead atoms. The van der Waals surface area contributed by atoms with Gasteiger partial charge in [-0.2, -0.15) is 0 Å². The third-order valence-electron chi connectivity index (χ3n) is 8.04. The molecule has 1 amide bonds. The van der Waals surface area contributed by atoms with Crippen molar-refractivity contribution < 1.29 is 14.3 Å². The summed E-state index contributed by atoms with van der Waals surface area (Å²) < 4.78 is 13.1. The number of carbonyl (C=O) groups is 1. The molecule has 0 unspecified atom stereocenters. The van der Waals surface area contributed by atoms with Gasteiger partial charge >= 0.3 is 0 Å². The Kier molecular flexibility index (Phi) is 6.58. The van der Waals surface area contributed by atoms with Crippen LogP contribution in [0.2, 0.25) is 0 Å². The first-order valence-electron chi connectivity index (χ1n) is 12.9. The molecule has 0 radical (unpaired) electrons. The molecule has 1 fully saturated rings. The second-order valence-corrected chi connectivity index (χ2v) is 10.7. The van der Waals surface area contributed by atoms with Crippen LogP contribution >= 0.6 is 0 Å². The number of methoxy groups -OCH3 is 1. The highest BCUT2D eigenvalue weighted by Crippen LogP contribution is 2.41. The maximum atomic E-state index is 13.4. The van der Waals surface area contributed by atoms with Crippen LogP contribution in [-0.4, -0.2) is 61.5 Å². The van der Waals surface area contributed by atoms with E-state index < -0.39 is 5.41 Å². The quantitative estimate of drug-likeness (QED) is 0.512. The van der Waals surface area contributed by atoms with Crippen LogP contribution in [0.15, 0.2) is 41.2 Å². The highest BCUT2D eigenvalue weighted by atomic mass is 16.5. The van der Waals surface area contributed by atoms with E-state index in [9.17, 15) is 9.59 Å². The minimum absolute atomic E-state index is 0.000315. The second kappa shape index (κ2) is 9.58. The fourth-order valence-electron chi connectivity index (χ4n) is 5.55. The van der Waals surface area contributed by atoms with Gasteiger partial charge in [0.2, 0.25) is 5.91 Å².